The Balaban J connectivity index is 1.74. The molecule has 4 rings (SSSR count). The molecule has 3 aromatic rings. The maximum absolute atomic E-state index is 13.9. The van der Waals surface area contributed by atoms with E-state index in [2.05, 4.69) is 20.4 Å². The van der Waals surface area contributed by atoms with Crippen LogP contribution in [0.1, 0.15) is 34.7 Å². The van der Waals surface area contributed by atoms with Gasteiger partial charge >= 0.3 is 0 Å². The topological polar surface area (TPSA) is 87.9 Å². The van der Waals surface area contributed by atoms with Gasteiger partial charge in [-0.25, -0.2) is 8.78 Å². The number of alkyl halides is 2. The molecular weight excluding hydrogens is 320 g/mol. The number of hydrogen-bond donors (Lipinski definition) is 1. The predicted molar refractivity (Wildman–Crippen MR) is 78.5 cm³/mol. The van der Waals surface area contributed by atoms with Gasteiger partial charge in [-0.2, -0.15) is 5.10 Å². The molecule has 9 heteroatoms. The van der Waals surface area contributed by atoms with Crippen molar-refractivity contribution in [3.8, 4) is 0 Å². The van der Waals surface area contributed by atoms with Crippen LogP contribution in [0.3, 0.4) is 0 Å². The number of aromatic amines is 1. The summed E-state index contributed by atoms with van der Waals surface area (Å²) in [5.41, 5.74) is 0.765. The van der Waals surface area contributed by atoms with E-state index in [1.807, 2.05) is 0 Å². The molecule has 1 aliphatic rings. The van der Waals surface area contributed by atoms with Crippen LogP contribution in [0.25, 0.3) is 10.9 Å². The van der Waals surface area contributed by atoms with Gasteiger partial charge in [0, 0.05) is 18.7 Å². The number of hydrogen-bond acceptors (Lipinski definition) is 5. The smallest absolute Gasteiger partial charge is 0.275 e. The number of halogens is 2. The minimum Gasteiger partial charge on any atom is -0.423 e. The number of nitrogens with one attached hydrogen (secondary N) is 1. The Labute approximate surface area is 134 Å². The van der Waals surface area contributed by atoms with E-state index in [4.69, 9.17) is 4.42 Å². The molecule has 0 radical (unpaired) electrons. The third-order valence-electron chi connectivity index (χ3n) is 4.03. The summed E-state index contributed by atoms with van der Waals surface area (Å²) in [7, 11) is 0. The van der Waals surface area contributed by atoms with Gasteiger partial charge in [-0.1, -0.05) is 18.2 Å². The molecule has 1 aliphatic heterocycles. The standard InChI is InChI=1S/C15H13F2N5O2/c1-8-18-21-13(24-8)11-6-15(16,17)7-22(11)14(23)12-9-4-2-3-5-10(9)19-20-12/h2-5,11H,6-7H2,1H3,(H,19,20)/t11-/m0/s1. The molecule has 124 valence electrons. The van der Waals surface area contributed by atoms with Gasteiger partial charge in [0.2, 0.25) is 11.8 Å². The van der Waals surface area contributed by atoms with Crippen LogP contribution in [0.2, 0.25) is 0 Å². The summed E-state index contributed by atoms with van der Waals surface area (Å²) < 4.78 is 33.2. The lowest BCUT2D eigenvalue weighted by Gasteiger charge is -2.20. The monoisotopic (exact) mass is 333 g/mol. The zero-order chi connectivity index (χ0) is 16.9. The predicted octanol–water partition coefficient (Wildman–Crippen LogP) is 2.48. The second-order valence-electron chi connectivity index (χ2n) is 5.79. The van der Waals surface area contributed by atoms with Gasteiger partial charge in [0.15, 0.2) is 5.69 Å². The fourth-order valence-corrected chi connectivity index (χ4v) is 2.96. The molecule has 0 aliphatic carbocycles. The van der Waals surface area contributed by atoms with E-state index >= 15 is 0 Å². The largest absolute Gasteiger partial charge is 0.423 e. The highest BCUT2D eigenvalue weighted by atomic mass is 19.3. The maximum atomic E-state index is 13.9. The van der Waals surface area contributed by atoms with E-state index in [1.165, 1.54) is 0 Å². The van der Waals surface area contributed by atoms with Crippen molar-refractivity contribution in [1.82, 2.24) is 25.3 Å². The summed E-state index contributed by atoms with van der Waals surface area (Å²) in [6, 6.07) is 6.06. The maximum Gasteiger partial charge on any atom is 0.275 e. The number of amides is 1. The van der Waals surface area contributed by atoms with Gasteiger partial charge in [0.1, 0.15) is 6.04 Å². The van der Waals surface area contributed by atoms with Crippen LogP contribution in [0.15, 0.2) is 28.7 Å². The van der Waals surface area contributed by atoms with Crippen molar-refractivity contribution in [2.45, 2.75) is 25.3 Å². The first-order valence-corrected chi connectivity index (χ1v) is 7.36. The van der Waals surface area contributed by atoms with Crippen LogP contribution in [-0.2, 0) is 0 Å². The Morgan fingerprint density at radius 3 is 2.92 bits per heavy atom. The summed E-state index contributed by atoms with van der Waals surface area (Å²) >= 11 is 0. The molecule has 1 N–H and O–H groups in total. The van der Waals surface area contributed by atoms with Gasteiger partial charge in [-0.05, 0) is 6.07 Å². The molecule has 0 unspecified atom stereocenters. The number of nitrogens with zero attached hydrogens (tertiary/aromatic N) is 4. The molecule has 1 amide bonds. The molecule has 1 atom stereocenters. The number of aromatic nitrogens is 4. The number of fused-ring (bicyclic) bond motifs is 1. The Morgan fingerprint density at radius 1 is 1.38 bits per heavy atom. The second-order valence-corrected chi connectivity index (χ2v) is 5.79. The van der Waals surface area contributed by atoms with Crippen LogP contribution in [-0.4, -0.2) is 43.7 Å². The molecule has 1 fully saturated rings. The molecular formula is C15H13F2N5O2. The van der Waals surface area contributed by atoms with Gasteiger partial charge in [-0.15, -0.1) is 10.2 Å². The molecule has 0 spiro atoms. The molecule has 7 nitrogen and oxygen atoms in total. The van der Waals surface area contributed by atoms with E-state index < -0.39 is 30.8 Å². The number of likely N-dealkylation sites (tertiary alicyclic amines) is 1. The molecule has 1 aromatic carbocycles. The van der Waals surface area contributed by atoms with Crippen molar-refractivity contribution in [1.29, 1.82) is 0 Å². The van der Waals surface area contributed by atoms with Crippen LogP contribution in [0, 0.1) is 6.92 Å². The molecule has 0 bridgehead atoms. The zero-order valence-electron chi connectivity index (χ0n) is 12.7. The highest BCUT2D eigenvalue weighted by molar-refractivity contribution is 6.04. The summed E-state index contributed by atoms with van der Waals surface area (Å²) in [4.78, 5) is 13.9. The van der Waals surface area contributed by atoms with Crippen molar-refractivity contribution >= 4 is 16.8 Å². The first kappa shape index (κ1) is 14.7. The normalized spacial score (nSPS) is 20.0. The molecule has 2 aromatic heterocycles. The highest BCUT2D eigenvalue weighted by Crippen LogP contribution is 2.41. The fourth-order valence-electron chi connectivity index (χ4n) is 2.96. The Bertz CT molecular complexity index is 919. The van der Waals surface area contributed by atoms with E-state index in [-0.39, 0.29) is 17.5 Å². The summed E-state index contributed by atoms with van der Waals surface area (Å²) in [5, 5.41) is 14.8. The number of carbonyl (C=O) groups is 1. The molecule has 24 heavy (non-hydrogen) atoms. The second kappa shape index (κ2) is 5.08. The average Bonchev–Trinajstić information content (AvgIpc) is 3.23. The van der Waals surface area contributed by atoms with Crippen molar-refractivity contribution < 1.29 is 18.0 Å². The molecule has 0 saturated carbocycles. The number of aryl methyl sites for hydroxylation is 1. The minimum absolute atomic E-state index is 0.0119. The van der Waals surface area contributed by atoms with Gasteiger partial charge in [0.05, 0.1) is 12.1 Å². The summed E-state index contributed by atoms with van der Waals surface area (Å²) in [6.45, 7) is 0.857. The first-order chi connectivity index (χ1) is 11.4. The zero-order valence-corrected chi connectivity index (χ0v) is 12.7. The lowest BCUT2D eigenvalue weighted by Crippen LogP contribution is -2.33. The van der Waals surface area contributed by atoms with Crippen molar-refractivity contribution in [3.05, 3.63) is 41.7 Å². The van der Waals surface area contributed by atoms with E-state index in [1.54, 1.807) is 31.2 Å². The summed E-state index contributed by atoms with van der Waals surface area (Å²) in [5.74, 6) is -3.34. The third kappa shape index (κ3) is 2.32. The lowest BCUT2D eigenvalue weighted by atomic mass is 10.1. The Kier molecular flexibility index (Phi) is 3.12. The van der Waals surface area contributed by atoms with Crippen molar-refractivity contribution in [3.63, 3.8) is 0 Å². The summed E-state index contributed by atoms with van der Waals surface area (Å²) in [6.07, 6.45) is -0.553. The average molecular weight is 333 g/mol. The molecule has 1 saturated heterocycles. The Morgan fingerprint density at radius 2 is 2.17 bits per heavy atom. The van der Waals surface area contributed by atoms with E-state index in [0.717, 1.165) is 4.90 Å². The number of carbonyl (C=O) groups excluding carboxylic acids is 1. The quantitative estimate of drug-likeness (QED) is 0.778. The number of H-pyrrole nitrogens is 1. The molecule has 3 heterocycles. The van der Waals surface area contributed by atoms with Gasteiger partial charge in [0.25, 0.3) is 11.8 Å². The van der Waals surface area contributed by atoms with Gasteiger partial charge < -0.3 is 9.32 Å². The number of para-hydroxylation sites is 1. The van der Waals surface area contributed by atoms with E-state index in [0.29, 0.717) is 10.9 Å². The van der Waals surface area contributed by atoms with Crippen molar-refractivity contribution in [2.24, 2.45) is 0 Å². The minimum atomic E-state index is -3.02. The van der Waals surface area contributed by atoms with Crippen LogP contribution < -0.4 is 0 Å². The highest BCUT2D eigenvalue weighted by Gasteiger charge is 2.50. The Hall–Kier alpha value is -2.84. The SMILES string of the molecule is Cc1nnc([C@@H]2CC(F)(F)CN2C(=O)c2n[nH]c3ccccc23)o1. The lowest BCUT2D eigenvalue weighted by molar-refractivity contribution is 0.0116. The van der Waals surface area contributed by atoms with Crippen molar-refractivity contribution in [2.75, 3.05) is 6.54 Å². The van der Waals surface area contributed by atoms with Crippen LogP contribution >= 0.6 is 0 Å². The van der Waals surface area contributed by atoms with Crippen LogP contribution in [0.5, 0.6) is 0 Å². The fraction of sp³-hybridized carbons (Fsp3) is 0.333. The number of benzene rings is 1. The van der Waals surface area contributed by atoms with Gasteiger partial charge in [-0.3, -0.25) is 9.89 Å². The first-order valence-electron chi connectivity index (χ1n) is 7.36. The number of rotatable bonds is 2. The van der Waals surface area contributed by atoms with E-state index in [9.17, 15) is 13.6 Å². The third-order valence-corrected chi connectivity index (χ3v) is 4.03. The van der Waals surface area contributed by atoms with Crippen LogP contribution in [0.4, 0.5) is 8.78 Å².